The molecule has 0 bridgehead atoms. The molecule has 0 aliphatic carbocycles. The Morgan fingerprint density at radius 2 is 1.65 bits per heavy atom. The highest BCUT2D eigenvalue weighted by Gasteiger charge is 2.20. The van der Waals surface area contributed by atoms with E-state index in [0.29, 0.717) is 5.56 Å². The van der Waals surface area contributed by atoms with Gasteiger partial charge in [0.25, 0.3) is 5.91 Å². The van der Waals surface area contributed by atoms with Crippen molar-refractivity contribution in [2.24, 2.45) is 0 Å². The van der Waals surface area contributed by atoms with E-state index in [4.69, 9.17) is 0 Å². The summed E-state index contributed by atoms with van der Waals surface area (Å²) < 4.78 is 0. The summed E-state index contributed by atoms with van der Waals surface area (Å²) in [4.78, 5) is 33.8. The molecule has 0 saturated heterocycles. The molecular formula is C19H15N3O3S. The summed E-state index contributed by atoms with van der Waals surface area (Å²) in [6.07, 6.45) is 2.37. The van der Waals surface area contributed by atoms with Crippen LogP contribution >= 0.6 is 11.8 Å². The molecule has 0 spiro atoms. The fourth-order valence-electron chi connectivity index (χ4n) is 2.15. The lowest BCUT2D eigenvalue weighted by atomic mass is 10.1. The van der Waals surface area contributed by atoms with Crippen LogP contribution in [0.25, 0.3) is 0 Å². The second-order valence-corrected chi connectivity index (χ2v) is 6.42. The zero-order chi connectivity index (χ0) is 18.4. The van der Waals surface area contributed by atoms with Gasteiger partial charge in [-0.3, -0.25) is 14.6 Å². The SMILES string of the molecule is O=C(NC(O)C(=O)c1ccc(Sc2ccccc2)cc1)c1cnccn1. The largest absolute Gasteiger partial charge is 0.367 e. The lowest BCUT2D eigenvalue weighted by Gasteiger charge is -2.11. The van der Waals surface area contributed by atoms with E-state index < -0.39 is 17.9 Å². The number of rotatable bonds is 6. The number of aliphatic hydroxyl groups excluding tert-OH is 1. The van der Waals surface area contributed by atoms with Gasteiger partial charge < -0.3 is 10.4 Å². The first kappa shape index (κ1) is 17.8. The molecule has 2 aromatic carbocycles. The number of carbonyl (C=O) groups is 2. The van der Waals surface area contributed by atoms with Crippen LogP contribution in [0.4, 0.5) is 0 Å². The first-order valence-electron chi connectivity index (χ1n) is 7.75. The monoisotopic (exact) mass is 365 g/mol. The maximum absolute atomic E-state index is 12.3. The molecule has 0 fully saturated rings. The normalized spacial score (nSPS) is 11.6. The highest BCUT2D eigenvalue weighted by atomic mass is 32.2. The van der Waals surface area contributed by atoms with Crippen molar-refractivity contribution in [3.05, 3.63) is 84.4 Å². The Kier molecular flexibility index (Phi) is 5.73. The number of aliphatic hydroxyl groups is 1. The van der Waals surface area contributed by atoms with Crippen molar-refractivity contribution in [2.75, 3.05) is 0 Å². The second-order valence-electron chi connectivity index (χ2n) is 5.27. The van der Waals surface area contributed by atoms with E-state index in [2.05, 4.69) is 15.3 Å². The number of hydrogen-bond donors (Lipinski definition) is 2. The van der Waals surface area contributed by atoms with Gasteiger partial charge in [0.15, 0.2) is 6.23 Å². The number of amides is 1. The average molecular weight is 365 g/mol. The Bertz CT molecular complexity index is 887. The minimum atomic E-state index is -1.66. The van der Waals surface area contributed by atoms with Crippen LogP contribution in [-0.2, 0) is 0 Å². The molecule has 1 heterocycles. The fourth-order valence-corrected chi connectivity index (χ4v) is 2.99. The average Bonchev–Trinajstić information content (AvgIpc) is 2.69. The summed E-state index contributed by atoms with van der Waals surface area (Å²) in [6, 6.07) is 16.7. The Labute approximate surface area is 154 Å². The molecule has 7 heteroatoms. The highest BCUT2D eigenvalue weighted by molar-refractivity contribution is 7.99. The van der Waals surface area contributed by atoms with Crippen LogP contribution in [0.2, 0.25) is 0 Å². The maximum atomic E-state index is 12.3. The molecule has 1 unspecified atom stereocenters. The molecule has 130 valence electrons. The van der Waals surface area contributed by atoms with Crippen molar-refractivity contribution in [3.63, 3.8) is 0 Å². The van der Waals surface area contributed by atoms with Gasteiger partial charge in [0.1, 0.15) is 5.69 Å². The molecule has 1 amide bonds. The van der Waals surface area contributed by atoms with Crippen LogP contribution in [0.15, 0.2) is 83.0 Å². The predicted molar refractivity (Wildman–Crippen MR) is 96.8 cm³/mol. The molecule has 0 aliphatic heterocycles. The van der Waals surface area contributed by atoms with Crippen LogP contribution in [0.3, 0.4) is 0 Å². The number of Topliss-reactive ketones (excluding diaryl/α,β-unsaturated/α-hetero) is 1. The molecule has 3 rings (SSSR count). The molecule has 6 nitrogen and oxygen atoms in total. The van der Waals surface area contributed by atoms with Gasteiger partial charge >= 0.3 is 0 Å². The van der Waals surface area contributed by atoms with Crippen molar-refractivity contribution in [2.45, 2.75) is 16.0 Å². The van der Waals surface area contributed by atoms with Crippen molar-refractivity contribution in [1.29, 1.82) is 0 Å². The Morgan fingerprint density at radius 1 is 0.962 bits per heavy atom. The van der Waals surface area contributed by atoms with Crippen molar-refractivity contribution >= 4 is 23.5 Å². The topological polar surface area (TPSA) is 92.2 Å². The summed E-state index contributed by atoms with van der Waals surface area (Å²) in [5.74, 6) is -1.27. The standard InChI is InChI=1S/C19H15N3O3S/c23-17(19(25)22-18(24)16-12-20-10-11-21-16)13-6-8-15(9-7-13)26-14-4-2-1-3-5-14/h1-12,19,25H,(H,22,24). The van der Waals surface area contributed by atoms with E-state index in [1.165, 1.54) is 18.6 Å². The Morgan fingerprint density at radius 3 is 2.31 bits per heavy atom. The number of hydrogen-bond acceptors (Lipinski definition) is 6. The third-order valence-electron chi connectivity index (χ3n) is 3.43. The molecule has 2 N–H and O–H groups in total. The smallest absolute Gasteiger partial charge is 0.273 e. The van der Waals surface area contributed by atoms with Crippen molar-refractivity contribution < 1.29 is 14.7 Å². The minimum Gasteiger partial charge on any atom is -0.367 e. The quantitative estimate of drug-likeness (QED) is 0.515. The third-order valence-corrected chi connectivity index (χ3v) is 4.45. The first-order chi connectivity index (χ1) is 12.6. The van der Waals surface area contributed by atoms with Gasteiger partial charge in [-0.25, -0.2) is 4.98 Å². The second kappa shape index (κ2) is 8.37. The number of ketones is 1. The highest BCUT2D eigenvalue weighted by Crippen LogP contribution is 2.27. The van der Waals surface area contributed by atoms with Gasteiger partial charge in [-0.1, -0.05) is 42.1 Å². The van der Waals surface area contributed by atoms with Crippen LogP contribution in [0.5, 0.6) is 0 Å². The van der Waals surface area contributed by atoms with Crippen molar-refractivity contribution in [1.82, 2.24) is 15.3 Å². The molecule has 0 aliphatic rings. The van der Waals surface area contributed by atoms with E-state index >= 15 is 0 Å². The predicted octanol–water partition coefficient (Wildman–Crippen LogP) is 2.56. The number of carbonyl (C=O) groups excluding carboxylic acids is 2. The van der Waals surface area contributed by atoms with E-state index in [-0.39, 0.29) is 5.69 Å². The summed E-state index contributed by atoms with van der Waals surface area (Å²) in [6.45, 7) is 0. The number of nitrogens with zero attached hydrogens (tertiary/aromatic N) is 2. The van der Waals surface area contributed by atoms with Crippen LogP contribution in [0.1, 0.15) is 20.8 Å². The van der Waals surface area contributed by atoms with Crippen LogP contribution < -0.4 is 5.32 Å². The van der Waals surface area contributed by atoms with Gasteiger partial charge in [0.2, 0.25) is 5.78 Å². The third kappa shape index (κ3) is 4.53. The summed E-state index contributed by atoms with van der Waals surface area (Å²) in [7, 11) is 0. The van der Waals surface area contributed by atoms with E-state index in [0.717, 1.165) is 9.79 Å². The van der Waals surface area contributed by atoms with Gasteiger partial charge in [-0.15, -0.1) is 0 Å². The maximum Gasteiger partial charge on any atom is 0.273 e. The number of aromatic nitrogens is 2. The molecular weight excluding hydrogens is 350 g/mol. The zero-order valence-electron chi connectivity index (χ0n) is 13.6. The van der Waals surface area contributed by atoms with E-state index in [1.54, 1.807) is 36.0 Å². The summed E-state index contributed by atoms with van der Waals surface area (Å²) >= 11 is 1.57. The fraction of sp³-hybridized carbons (Fsp3) is 0.0526. The van der Waals surface area contributed by atoms with Gasteiger partial charge in [0.05, 0.1) is 6.20 Å². The Hall–Kier alpha value is -3.03. The minimum absolute atomic E-state index is 0.0222. The molecule has 3 aromatic rings. The van der Waals surface area contributed by atoms with Gasteiger partial charge in [-0.2, -0.15) is 0 Å². The van der Waals surface area contributed by atoms with Crippen LogP contribution in [0, 0.1) is 0 Å². The lowest BCUT2D eigenvalue weighted by molar-refractivity contribution is 0.0605. The molecule has 1 aromatic heterocycles. The number of nitrogens with one attached hydrogen (secondary N) is 1. The van der Waals surface area contributed by atoms with E-state index in [9.17, 15) is 14.7 Å². The molecule has 0 saturated carbocycles. The zero-order valence-corrected chi connectivity index (χ0v) is 14.4. The van der Waals surface area contributed by atoms with Gasteiger partial charge in [-0.05, 0) is 24.3 Å². The first-order valence-corrected chi connectivity index (χ1v) is 8.57. The molecule has 0 radical (unpaired) electrons. The molecule has 1 atom stereocenters. The number of benzene rings is 2. The summed E-state index contributed by atoms with van der Waals surface area (Å²) in [5.41, 5.74) is 0.323. The van der Waals surface area contributed by atoms with Crippen LogP contribution in [-0.4, -0.2) is 33.0 Å². The van der Waals surface area contributed by atoms with E-state index in [1.807, 2.05) is 30.3 Å². The molecule has 26 heavy (non-hydrogen) atoms. The Balaban J connectivity index is 1.63. The lowest BCUT2D eigenvalue weighted by Crippen LogP contribution is -2.41. The summed E-state index contributed by atoms with van der Waals surface area (Å²) in [5, 5.41) is 12.2. The van der Waals surface area contributed by atoms with Crippen molar-refractivity contribution in [3.8, 4) is 0 Å². The van der Waals surface area contributed by atoms with Gasteiger partial charge in [0, 0.05) is 27.7 Å².